The minimum atomic E-state index is 0. The molecule has 1 aliphatic rings. The van der Waals surface area contributed by atoms with Crippen molar-refractivity contribution in [3.05, 3.63) is 29.1 Å². The minimum Gasteiger partial charge on any atom is -0.312 e. The van der Waals surface area contributed by atoms with Crippen molar-refractivity contribution in [3.63, 3.8) is 0 Å². The fraction of sp³-hybridized carbons (Fsp3) is 0.444. The largest absolute Gasteiger partial charge is 0.312 e. The molecule has 0 aliphatic carbocycles. The lowest BCUT2D eigenvalue weighted by Crippen LogP contribution is -2.23. The Labute approximate surface area is 91.0 Å². The number of nitrogens with one attached hydrogen (secondary N) is 1. The molecule has 0 unspecified atom stereocenters. The summed E-state index contributed by atoms with van der Waals surface area (Å²) in [5, 5.41) is 3.32. The third-order valence-electron chi connectivity index (χ3n) is 2.11. The molecule has 0 fully saturated rings. The summed E-state index contributed by atoms with van der Waals surface area (Å²) in [7, 11) is 0. The van der Waals surface area contributed by atoms with Crippen molar-refractivity contribution in [2.75, 3.05) is 6.54 Å². The van der Waals surface area contributed by atoms with E-state index in [1.54, 1.807) is 0 Å². The number of aromatic nitrogens is 1. The van der Waals surface area contributed by atoms with Gasteiger partial charge in [-0.1, -0.05) is 0 Å². The number of rotatable bonds is 0. The Balaban J connectivity index is 0.000000720. The van der Waals surface area contributed by atoms with Gasteiger partial charge in [0.25, 0.3) is 0 Å². The van der Waals surface area contributed by atoms with Gasteiger partial charge in [0.1, 0.15) is 0 Å². The zero-order valence-electron chi connectivity index (χ0n) is 7.54. The lowest BCUT2D eigenvalue weighted by Gasteiger charge is -2.16. The number of aryl methyl sites for hydroxylation is 1. The molecule has 2 rings (SSSR count). The van der Waals surface area contributed by atoms with Crippen LogP contribution in [0.3, 0.4) is 0 Å². The van der Waals surface area contributed by atoms with Crippen molar-refractivity contribution < 1.29 is 0 Å². The summed E-state index contributed by atoms with van der Waals surface area (Å²) in [6.07, 6.45) is 3.13. The average molecular weight is 221 g/mol. The van der Waals surface area contributed by atoms with E-state index >= 15 is 0 Å². The van der Waals surface area contributed by atoms with Crippen LogP contribution in [0, 0.1) is 6.92 Å². The maximum absolute atomic E-state index is 4.25. The van der Waals surface area contributed by atoms with Crippen LogP contribution in [0.2, 0.25) is 0 Å². The molecule has 1 aromatic rings. The van der Waals surface area contributed by atoms with E-state index in [0.717, 1.165) is 25.2 Å². The number of fused-ring (bicyclic) bond motifs is 1. The van der Waals surface area contributed by atoms with Crippen LogP contribution in [-0.4, -0.2) is 11.5 Å². The summed E-state index contributed by atoms with van der Waals surface area (Å²) in [6, 6.07) is 2.19. The molecule has 74 valence electrons. The number of halogens is 2. The molecule has 2 heterocycles. The molecule has 13 heavy (non-hydrogen) atoms. The molecule has 0 bridgehead atoms. The van der Waals surface area contributed by atoms with Gasteiger partial charge in [0.05, 0.1) is 0 Å². The van der Waals surface area contributed by atoms with Crippen molar-refractivity contribution in [3.8, 4) is 0 Å². The Hall–Kier alpha value is -0.310. The number of nitrogens with zero attached hydrogens (tertiary/aromatic N) is 1. The van der Waals surface area contributed by atoms with E-state index in [0.29, 0.717) is 0 Å². The molecule has 0 atom stereocenters. The van der Waals surface area contributed by atoms with E-state index in [1.165, 1.54) is 11.1 Å². The first-order chi connectivity index (χ1) is 5.36. The number of pyridine rings is 1. The molecule has 1 N–H and O–H groups in total. The molecule has 0 spiro atoms. The molecule has 0 saturated carbocycles. The van der Waals surface area contributed by atoms with Gasteiger partial charge in [0, 0.05) is 18.4 Å². The molecule has 1 aromatic heterocycles. The van der Waals surface area contributed by atoms with Crippen LogP contribution in [0.25, 0.3) is 0 Å². The van der Waals surface area contributed by atoms with Crippen molar-refractivity contribution in [2.24, 2.45) is 0 Å². The van der Waals surface area contributed by atoms with Gasteiger partial charge in [-0.05, 0) is 37.1 Å². The molecular weight excluding hydrogens is 207 g/mol. The van der Waals surface area contributed by atoms with Gasteiger partial charge >= 0.3 is 0 Å². The number of hydrogen-bond donors (Lipinski definition) is 1. The molecule has 0 aromatic carbocycles. The highest BCUT2D eigenvalue weighted by Crippen LogP contribution is 2.12. The van der Waals surface area contributed by atoms with E-state index < -0.39 is 0 Å². The highest BCUT2D eigenvalue weighted by atomic mass is 35.5. The van der Waals surface area contributed by atoms with Crippen molar-refractivity contribution in [1.82, 2.24) is 10.3 Å². The molecule has 0 saturated heterocycles. The molecule has 4 heteroatoms. The third-order valence-corrected chi connectivity index (χ3v) is 2.11. The second-order valence-corrected chi connectivity index (χ2v) is 3.02. The highest BCUT2D eigenvalue weighted by Gasteiger charge is 2.07. The van der Waals surface area contributed by atoms with E-state index in [-0.39, 0.29) is 24.8 Å². The topological polar surface area (TPSA) is 24.9 Å². The van der Waals surface area contributed by atoms with Gasteiger partial charge in [-0.3, -0.25) is 4.98 Å². The van der Waals surface area contributed by atoms with Crippen molar-refractivity contribution in [1.29, 1.82) is 0 Å². The van der Waals surface area contributed by atoms with Crippen molar-refractivity contribution >= 4 is 24.8 Å². The van der Waals surface area contributed by atoms with Gasteiger partial charge in [0.2, 0.25) is 0 Å². The molecule has 0 amide bonds. The lowest BCUT2D eigenvalue weighted by atomic mass is 10.0. The molecule has 1 aliphatic heterocycles. The fourth-order valence-electron chi connectivity index (χ4n) is 1.48. The minimum absolute atomic E-state index is 0. The van der Waals surface area contributed by atoms with Crippen LogP contribution in [0.5, 0.6) is 0 Å². The Morgan fingerprint density at radius 1 is 1.31 bits per heavy atom. The molecule has 0 radical (unpaired) electrons. The average Bonchev–Trinajstić information content (AvgIpc) is 2.04. The van der Waals surface area contributed by atoms with E-state index in [1.807, 2.05) is 13.1 Å². The standard InChI is InChI=1S/C9H12N2.2ClH/c1-7-4-8-2-3-10-5-9(8)6-11-7;;/h4,6,10H,2-3,5H2,1H3;2*1H. The predicted octanol–water partition coefficient (Wildman–Crippen LogP) is 1.88. The zero-order valence-corrected chi connectivity index (χ0v) is 9.17. The van der Waals surface area contributed by atoms with Gasteiger partial charge in [-0.25, -0.2) is 0 Å². The zero-order chi connectivity index (χ0) is 7.68. The normalized spacial score (nSPS) is 13.6. The monoisotopic (exact) mass is 220 g/mol. The first-order valence-electron chi connectivity index (χ1n) is 4.01. The summed E-state index contributed by atoms with van der Waals surface area (Å²) in [5.74, 6) is 0. The number of hydrogen-bond acceptors (Lipinski definition) is 2. The first-order valence-corrected chi connectivity index (χ1v) is 4.01. The second-order valence-electron chi connectivity index (χ2n) is 3.02. The Kier molecular flexibility index (Phi) is 5.30. The Bertz CT molecular complexity index is 276. The fourth-order valence-corrected chi connectivity index (χ4v) is 1.48. The van der Waals surface area contributed by atoms with Crippen LogP contribution in [0.15, 0.2) is 12.3 Å². The van der Waals surface area contributed by atoms with E-state index in [2.05, 4.69) is 16.4 Å². The third kappa shape index (κ3) is 2.83. The Morgan fingerprint density at radius 3 is 2.85 bits per heavy atom. The summed E-state index contributed by atoms with van der Waals surface area (Å²) in [5.41, 5.74) is 3.96. The quantitative estimate of drug-likeness (QED) is 0.723. The van der Waals surface area contributed by atoms with Crippen LogP contribution >= 0.6 is 24.8 Å². The highest BCUT2D eigenvalue weighted by molar-refractivity contribution is 5.85. The van der Waals surface area contributed by atoms with E-state index in [9.17, 15) is 0 Å². The maximum Gasteiger partial charge on any atom is 0.0375 e. The summed E-state index contributed by atoms with van der Waals surface area (Å²) in [6.45, 7) is 4.14. The van der Waals surface area contributed by atoms with Crippen molar-refractivity contribution in [2.45, 2.75) is 19.9 Å². The lowest BCUT2D eigenvalue weighted by molar-refractivity contribution is 0.640. The second kappa shape index (κ2) is 5.43. The predicted molar refractivity (Wildman–Crippen MR) is 58.9 cm³/mol. The van der Waals surface area contributed by atoms with Gasteiger partial charge < -0.3 is 5.32 Å². The summed E-state index contributed by atoms with van der Waals surface area (Å²) < 4.78 is 0. The Morgan fingerprint density at radius 2 is 2.08 bits per heavy atom. The molecule has 2 nitrogen and oxygen atoms in total. The van der Waals surface area contributed by atoms with Gasteiger partial charge in [-0.2, -0.15) is 0 Å². The summed E-state index contributed by atoms with van der Waals surface area (Å²) in [4.78, 5) is 4.25. The van der Waals surface area contributed by atoms with Crippen LogP contribution < -0.4 is 5.32 Å². The summed E-state index contributed by atoms with van der Waals surface area (Å²) >= 11 is 0. The van der Waals surface area contributed by atoms with Gasteiger partial charge in [-0.15, -0.1) is 24.8 Å². The smallest absolute Gasteiger partial charge is 0.0375 e. The van der Waals surface area contributed by atoms with Crippen LogP contribution in [0.4, 0.5) is 0 Å². The SMILES string of the molecule is Cc1cc2c(cn1)CNCC2.Cl.Cl. The first kappa shape index (κ1) is 12.7. The van der Waals surface area contributed by atoms with Crippen LogP contribution in [0.1, 0.15) is 16.8 Å². The van der Waals surface area contributed by atoms with Gasteiger partial charge in [0.15, 0.2) is 0 Å². The maximum atomic E-state index is 4.25. The van der Waals surface area contributed by atoms with E-state index in [4.69, 9.17) is 0 Å². The van der Waals surface area contributed by atoms with Crippen LogP contribution in [-0.2, 0) is 13.0 Å². The molecular formula is C9H14Cl2N2.